The monoisotopic (exact) mass is 412 g/mol. The fourth-order valence-electron chi connectivity index (χ4n) is 2.83. The molecule has 0 amide bonds. The average Bonchev–Trinajstić information content (AvgIpc) is 3.09. The van der Waals surface area contributed by atoms with Gasteiger partial charge in [-0.1, -0.05) is 13.8 Å². The van der Waals surface area contributed by atoms with Gasteiger partial charge in [0.25, 0.3) is 0 Å². The van der Waals surface area contributed by atoms with Crippen molar-refractivity contribution < 1.29 is 13.9 Å². The summed E-state index contributed by atoms with van der Waals surface area (Å²) in [4.78, 5) is 12.1. The van der Waals surface area contributed by atoms with Crippen LogP contribution in [0.5, 0.6) is 5.75 Å². The van der Waals surface area contributed by atoms with Crippen LogP contribution >= 0.6 is 12.2 Å². The molecule has 1 heterocycles. The summed E-state index contributed by atoms with van der Waals surface area (Å²) in [5.41, 5.74) is 1.09. The maximum absolute atomic E-state index is 13.0. The van der Waals surface area contributed by atoms with Crippen LogP contribution in [0.25, 0.3) is 0 Å². The standard InChI is InChI=1S/C21H21FN4O2S/c1-3-15(4-2)19-24-25-21(29)26(19)23-13-14-5-11-18(12-6-14)28-20(27)16-7-9-17(22)10-8-16/h5-13,15H,3-4H2,1-2H3,(H,25,29)/b23-13-. The lowest BCUT2D eigenvalue weighted by atomic mass is 10.0. The van der Waals surface area contributed by atoms with Crippen LogP contribution in [0.1, 0.15) is 54.4 Å². The van der Waals surface area contributed by atoms with Crippen molar-refractivity contribution in [1.82, 2.24) is 14.9 Å². The van der Waals surface area contributed by atoms with E-state index in [1.54, 1.807) is 35.2 Å². The average molecular weight is 412 g/mol. The minimum absolute atomic E-state index is 0.272. The van der Waals surface area contributed by atoms with E-state index in [0.29, 0.717) is 10.5 Å². The molecule has 1 N–H and O–H groups in total. The predicted molar refractivity (Wildman–Crippen MR) is 112 cm³/mol. The van der Waals surface area contributed by atoms with Gasteiger partial charge < -0.3 is 4.74 Å². The molecule has 0 fully saturated rings. The Kier molecular flexibility index (Phi) is 6.66. The van der Waals surface area contributed by atoms with Gasteiger partial charge in [-0.25, -0.2) is 9.18 Å². The number of nitrogens with one attached hydrogen (secondary N) is 1. The molecular formula is C21H21FN4O2S. The zero-order valence-corrected chi connectivity index (χ0v) is 16.9. The summed E-state index contributed by atoms with van der Waals surface area (Å²) in [5.74, 6) is 0.504. The molecule has 150 valence electrons. The van der Waals surface area contributed by atoms with Crippen molar-refractivity contribution in [3.63, 3.8) is 0 Å². The number of aromatic nitrogens is 3. The largest absolute Gasteiger partial charge is 0.423 e. The van der Waals surface area contributed by atoms with Crippen LogP contribution in [0, 0.1) is 10.6 Å². The van der Waals surface area contributed by atoms with Crippen molar-refractivity contribution in [2.45, 2.75) is 32.6 Å². The highest BCUT2D eigenvalue weighted by Gasteiger charge is 2.15. The second kappa shape index (κ2) is 9.38. The first-order valence-corrected chi connectivity index (χ1v) is 9.72. The summed E-state index contributed by atoms with van der Waals surface area (Å²) in [5, 5.41) is 11.5. The maximum atomic E-state index is 13.0. The normalized spacial score (nSPS) is 11.3. The topological polar surface area (TPSA) is 72.3 Å². The molecule has 1 aromatic heterocycles. The third-order valence-corrected chi connectivity index (χ3v) is 4.78. The van der Waals surface area contributed by atoms with E-state index in [1.165, 1.54) is 24.3 Å². The molecular weight excluding hydrogens is 391 g/mol. The molecule has 2 aromatic carbocycles. The van der Waals surface area contributed by atoms with E-state index in [9.17, 15) is 9.18 Å². The van der Waals surface area contributed by atoms with Crippen molar-refractivity contribution in [2.24, 2.45) is 5.10 Å². The Bertz CT molecular complexity index is 1050. The molecule has 0 spiro atoms. The summed E-state index contributed by atoms with van der Waals surface area (Å²) in [6.45, 7) is 4.21. The van der Waals surface area contributed by atoms with Crippen LogP contribution in [0.3, 0.4) is 0 Å². The van der Waals surface area contributed by atoms with E-state index in [2.05, 4.69) is 29.1 Å². The number of carbonyl (C=O) groups is 1. The molecule has 3 rings (SSSR count). The number of aromatic amines is 1. The minimum atomic E-state index is -0.550. The van der Waals surface area contributed by atoms with Gasteiger partial charge in [-0.2, -0.15) is 14.9 Å². The Labute approximate surface area is 173 Å². The SMILES string of the molecule is CCC(CC)c1n[nH]c(=S)n1/N=C\c1ccc(OC(=O)c2ccc(F)cc2)cc1. The Hall–Kier alpha value is -3.13. The van der Waals surface area contributed by atoms with Gasteiger partial charge in [-0.15, -0.1) is 0 Å². The number of benzene rings is 2. The van der Waals surface area contributed by atoms with Gasteiger partial charge in [-0.05, 0) is 79.2 Å². The van der Waals surface area contributed by atoms with Crippen LogP contribution in [-0.2, 0) is 0 Å². The Balaban J connectivity index is 1.71. The van der Waals surface area contributed by atoms with Crippen LogP contribution < -0.4 is 4.74 Å². The molecule has 3 aromatic rings. The predicted octanol–water partition coefficient (Wildman–Crippen LogP) is 5.08. The lowest BCUT2D eigenvalue weighted by Crippen LogP contribution is -2.08. The fraction of sp³-hybridized carbons (Fsp3) is 0.238. The van der Waals surface area contributed by atoms with E-state index >= 15 is 0 Å². The Morgan fingerprint density at radius 1 is 1.21 bits per heavy atom. The van der Waals surface area contributed by atoms with Gasteiger partial charge in [0.15, 0.2) is 5.82 Å². The number of H-pyrrole nitrogens is 1. The van der Waals surface area contributed by atoms with E-state index < -0.39 is 11.8 Å². The first-order chi connectivity index (χ1) is 14.0. The van der Waals surface area contributed by atoms with Crippen molar-refractivity contribution in [3.05, 3.63) is 76.1 Å². The highest BCUT2D eigenvalue weighted by atomic mass is 32.1. The molecule has 0 radical (unpaired) electrons. The second-order valence-corrected chi connectivity index (χ2v) is 6.81. The lowest BCUT2D eigenvalue weighted by molar-refractivity contribution is 0.0734. The van der Waals surface area contributed by atoms with E-state index in [1.807, 2.05) is 0 Å². The van der Waals surface area contributed by atoms with Crippen molar-refractivity contribution in [2.75, 3.05) is 0 Å². The van der Waals surface area contributed by atoms with E-state index in [0.717, 1.165) is 24.2 Å². The molecule has 0 saturated heterocycles. The van der Waals surface area contributed by atoms with Gasteiger partial charge in [0.05, 0.1) is 11.8 Å². The first-order valence-electron chi connectivity index (χ1n) is 9.31. The molecule has 29 heavy (non-hydrogen) atoms. The smallest absolute Gasteiger partial charge is 0.343 e. The van der Waals surface area contributed by atoms with Gasteiger partial charge >= 0.3 is 5.97 Å². The molecule has 8 heteroatoms. The zero-order valence-electron chi connectivity index (χ0n) is 16.1. The summed E-state index contributed by atoms with van der Waals surface area (Å²) in [7, 11) is 0. The van der Waals surface area contributed by atoms with Crippen LogP contribution in [-0.4, -0.2) is 27.1 Å². The molecule has 0 atom stereocenters. The Morgan fingerprint density at radius 2 is 1.86 bits per heavy atom. The summed E-state index contributed by atoms with van der Waals surface area (Å²) in [6, 6.07) is 12.1. The molecule has 0 unspecified atom stereocenters. The van der Waals surface area contributed by atoms with Crippen LogP contribution in [0.4, 0.5) is 4.39 Å². The number of rotatable bonds is 7. The number of hydrogen-bond donors (Lipinski definition) is 1. The highest BCUT2D eigenvalue weighted by Crippen LogP contribution is 2.21. The maximum Gasteiger partial charge on any atom is 0.343 e. The number of carbonyl (C=O) groups excluding carboxylic acids is 1. The van der Waals surface area contributed by atoms with Crippen molar-refractivity contribution >= 4 is 24.4 Å². The number of esters is 1. The zero-order chi connectivity index (χ0) is 20.8. The van der Waals surface area contributed by atoms with E-state index in [-0.39, 0.29) is 11.5 Å². The molecule has 0 aliphatic heterocycles. The van der Waals surface area contributed by atoms with Crippen LogP contribution in [0.2, 0.25) is 0 Å². The van der Waals surface area contributed by atoms with Gasteiger partial charge in [-0.3, -0.25) is 5.10 Å². The third-order valence-electron chi connectivity index (χ3n) is 4.52. The van der Waals surface area contributed by atoms with Crippen molar-refractivity contribution in [3.8, 4) is 5.75 Å². The number of hydrogen-bond acceptors (Lipinski definition) is 5. The summed E-state index contributed by atoms with van der Waals surface area (Å²) >= 11 is 5.28. The molecule has 0 saturated carbocycles. The van der Waals surface area contributed by atoms with Gasteiger partial charge in [0, 0.05) is 5.92 Å². The highest BCUT2D eigenvalue weighted by molar-refractivity contribution is 7.71. The second-order valence-electron chi connectivity index (χ2n) is 6.42. The molecule has 0 bridgehead atoms. The number of halogens is 1. The van der Waals surface area contributed by atoms with Gasteiger partial charge in [0.1, 0.15) is 11.6 Å². The van der Waals surface area contributed by atoms with Crippen LogP contribution in [0.15, 0.2) is 53.6 Å². The molecule has 6 nitrogen and oxygen atoms in total. The summed E-state index contributed by atoms with van der Waals surface area (Å²) in [6.07, 6.45) is 3.56. The minimum Gasteiger partial charge on any atom is -0.423 e. The van der Waals surface area contributed by atoms with E-state index in [4.69, 9.17) is 17.0 Å². The lowest BCUT2D eigenvalue weighted by Gasteiger charge is -2.10. The quantitative estimate of drug-likeness (QED) is 0.254. The third kappa shape index (κ3) is 5.03. The van der Waals surface area contributed by atoms with Gasteiger partial charge in [0.2, 0.25) is 4.77 Å². The fourth-order valence-corrected chi connectivity index (χ4v) is 3.02. The Morgan fingerprint density at radius 3 is 2.48 bits per heavy atom. The number of nitrogens with zero attached hydrogens (tertiary/aromatic N) is 3. The first kappa shape index (κ1) is 20.6. The van der Waals surface area contributed by atoms with Crippen molar-refractivity contribution in [1.29, 1.82) is 0 Å². The summed E-state index contributed by atoms with van der Waals surface area (Å²) < 4.78 is 20.3. The molecule has 0 aliphatic carbocycles. The number of ether oxygens (including phenoxy) is 1. The molecule has 0 aliphatic rings.